The number of amides is 1. The minimum Gasteiger partial charge on any atom is -0.504 e. The van der Waals surface area contributed by atoms with Crippen LogP contribution in [0.5, 0.6) is 11.5 Å². The van der Waals surface area contributed by atoms with Crippen molar-refractivity contribution < 1.29 is 15.0 Å². The van der Waals surface area contributed by atoms with Gasteiger partial charge in [-0.25, -0.2) is 4.79 Å². The Labute approximate surface area is 130 Å². The normalized spacial score (nSPS) is 12.2. The van der Waals surface area contributed by atoms with Gasteiger partial charge in [0, 0.05) is 5.56 Å². The lowest BCUT2D eigenvalue weighted by molar-refractivity contribution is 0.0940. The number of H-pyrrole nitrogens is 2. The van der Waals surface area contributed by atoms with E-state index in [1.807, 2.05) is 0 Å². The summed E-state index contributed by atoms with van der Waals surface area (Å²) in [6.45, 7) is 1.76. The molecule has 7 heteroatoms. The largest absolute Gasteiger partial charge is 0.504 e. The molecule has 3 rings (SSSR count). The van der Waals surface area contributed by atoms with E-state index in [4.69, 9.17) is 0 Å². The van der Waals surface area contributed by atoms with Gasteiger partial charge in [0.2, 0.25) is 0 Å². The Morgan fingerprint density at radius 2 is 1.78 bits per heavy atom. The van der Waals surface area contributed by atoms with Crippen LogP contribution in [0, 0.1) is 0 Å². The molecule has 0 radical (unpaired) electrons. The zero-order chi connectivity index (χ0) is 16.6. The number of benzene rings is 2. The van der Waals surface area contributed by atoms with Crippen LogP contribution >= 0.6 is 0 Å². The lowest BCUT2D eigenvalue weighted by Gasteiger charge is -2.15. The van der Waals surface area contributed by atoms with Crippen molar-refractivity contribution in [1.29, 1.82) is 0 Å². The molecule has 7 nitrogen and oxygen atoms in total. The molecule has 1 heterocycles. The second-order valence-electron chi connectivity index (χ2n) is 5.28. The quantitative estimate of drug-likeness (QED) is 0.473. The number of phenolic OH excluding ortho intramolecular Hbond substituents is 2. The van der Waals surface area contributed by atoms with Crippen molar-refractivity contribution in [2.45, 2.75) is 13.0 Å². The maximum Gasteiger partial charge on any atom is 0.323 e. The molecule has 0 fully saturated rings. The van der Waals surface area contributed by atoms with E-state index in [1.165, 1.54) is 12.1 Å². The minimum atomic E-state index is -0.366. The lowest BCUT2D eigenvalue weighted by atomic mass is 10.1. The molecule has 0 aliphatic heterocycles. The summed E-state index contributed by atoms with van der Waals surface area (Å²) < 4.78 is 0. The van der Waals surface area contributed by atoms with Crippen LogP contribution in [0.3, 0.4) is 0 Å². The van der Waals surface area contributed by atoms with Gasteiger partial charge >= 0.3 is 5.69 Å². The van der Waals surface area contributed by atoms with E-state index in [1.54, 1.807) is 31.2 Å². The Morgan fingerprint density at radius 1 is 1.04 bits per heavy atom. The number of carbonyl (C=O) groups excluding carboxylic acids is 1. The van der Waals surface area contributed by atoms with Crippen molar-refractivity contribution in [1.82, 2.24) is 15.3 Å². The number of phenols is 2. The Morgan fingerprint density at radius 3 is 2.52 bits per heavy atom. The maximum atomic E-state index is 12.3. The molecule has 23 heavy (non-hydrogen) atoms. The van der Waals surface area contributed by atoms with Crippen LogP contribution in [0.25, 0.3) is 11.0 Å². The number of hydrogen-bond donors (Lipinski definition) is 5. The molecule has 1 atom stereocenters. The SMILES string of the molecule is CC(NC(=O)c1ccc2[nH]c(=O)[nH]c2c1)c1ccc(O)c(O)c1. The van der Waals surface area contributed by atoms with E-state index in [0.717, 1.165) is 0 Å². The first-order chi connectivity index (χ1) is 10.9. The number of imidazole rings is 1. The molecule has 1 amide bonds. The van der Waals surface area contributed by atoms with Crippen molar-refractivity contribution in [3.05, 3.63) is 58.0 Å². The summed E-state index contributed by atoms with van der Waals surface area (Å²) in [4.78, 5) is 28.8. The monoisotopic (exact) mass is 313 g/mol. The summed E-state index contributed by atoms with van der Waals surface area (Å²) in [7, 11) is 0. The zero-order valence-corrected chi connectivity index (χ0v) is 12.3. The van der Waals surface area contributed by atoms with E-state index in [-0.39, 0.29) is 29.1 Å². The smallest absolute Gasteiger partial charge is 0.323 e. The topological polar surface area (TPSA) is 118 Å². The third-order valence-corrected chi connectivity index (χ3v) is 3.63. The molecule has 0 bridgehead atoms. The van der Waals surface area contributed by atoms with Gasteiger partial charge in [-0.1, -0.05) is 6.07 Å². The summed E-state index contributed by atoms with van der Waals surface area (Å²) >= 11 is 0. The molecule has 1 unspecified atom stereocenters. The van der Waals surface area contributed by atoms with Gasteiger partial charge in [0.05, 0.1) is 17.1 Å². The van der Waals surface area contributed by atoms with Crippen LogP contribution < -0.4 is 11.0 Å². The van der Waals surface area contributed by atoms with Crippen molar-refractivity contribution in [3.63, 3.8) is 0 Å². The van der Waals surface area contributed by atoms with Crippen LogP contribution in [0.15, 0.2) is 41.2 Å². The predicted octanol–water partition coefficient (Wildman–Crippen LogP) is 1.76. The molecule has 5 N–H and O–H groups in total. The van der Waals surface area contributed by atoms with Crippen molar-refractivity contribution in [2.24, 2.45) is 0 Å². The highest BCUT2D eigenvalue weighted by atomic mass is 16.3. The number of hydrogen-bond acceptors (Lipinski definition) is 4. The van der Waals surface area contributed by atoms with Gasteiger partial charge in [0.15, 0.2) is 11.5 Å². The average molecular weight is 313 g/mol. The van der Waals surface area contributed by atoms with E-state index in [9.17, 15) is 19.8 Å². The maximum absolute atomic E-state index is 12.3. The standard InChI is InChI=1S/C16H15N3O4/c1-8(9-3-5-13(20)14(21)7-9)17-15(22)10-2-4-11-12(6-10)19-16(23)18-11/h2-8,20-21H,1H3,(H,17,22)(H2,18,19,23). The minimum absolute atomic E-state index is 0.214. The predicted molar refractivity (Wildman–Crippen MR) is 84.6 cm³/mol. The number of carbonyl (C=O) groups is 1. The third-order valence-electron chi connectivity index (χ3n) is 3.63. The highest BCUT2D eigenvalue weighted by molar-refractivity contribution is 5.97. The third kappa shape index (κ3) is 2.89. The number of fused-ring (bicyclic) bond motifs is 1. The molecular weight excluding hydrogens is 298 g/mol. The van der Waals surface area contributed by atoms with Gasteiger partial charge in [0.1, 0.15) is 0 Å². The van der Waals surface area contributed by atoms with E-state index in [0.29, 0.717) is 22.2 Å². The van der Waals surface area contributed by atoms with Crippen molar-refractivity contribution in [2.75, 3.05) is 0 Å². The molecule has 1 aromatic heterocycles. The molecule has 3 aromatic rings. The van der Waals surface area contributed by atoms with Crippen LogP contribution in [0.1, 0.15) is 28.9 Å². The summed E-state index contributed by atoms with van der Waals surface area (Å²) in [5.41, 5.74) is 1.92. The second-order valence-corrected chi connectivity index (χ2v) is 5.28. The first kappa shape index (κ1) is 14.7. The number of rotatable bonds is 3. The fraction of sp³-hybridized carbons (Fsp3) is 0.125. The van der Waals surface area contributed by atoms with E-state index in [2.05, 4.69) is 15.3 Å². The molecule has 2 aromatic carbocycles. The summed E-state index contributed by atoms with van der Waals surface area (Å²) in [6, 6.07) is 8.87. The highest BCUT2D eigenvalue weighted by Gasteiger charge is 2.14. The first-order valence-electron chi connectivity index (χ1n) is 6.99. The first-order valence-corrected chi connectivity index (χ1v) is 6.99. The van der Waals surface area contributed by atoms with Crippen LogP contribution in [0.4, 0.5) is 0 Å². The van der Waals surface area contributed by atoms with Gasteiger partial charge in [-0.3, -0.25) is 4.79 Å². The van der Waals surface area contributed by atoms with Gasteiger partial charge in [-0.05, 0) is 42.8 Å². The van der Waals surface area contributed by atoms with Crippen molar-refractivity contribution >= 4 is 16.9 Å². The molecule has 0 saturated heterocycles. The van der Waals surface area contributed by atoms with E-state index >= 15 is 0 Å². The lowest BCUT2D eigenvalue weighted by Crippen LogP contribution is -2.26. The second kappa shape index (κ2) is 5.53. The van der Waals surface area contributed by atoms with Gasteiger partial charge in [-0.2, -0.15) is 0 Å². The molecule has 0 aliphatic carbocycles. The summed E-state index contributed by atoms with van der Waals surface area (Å²) in [5, 5.41) is 21.6. The highest BCUT2D eigenvalue weighted by Crippen LogP contribution is 2.27. The van der Waals surface area contributed by atoms with E-state index < -0.39 is 0 Å². The molecular formula is C16H15N3O4. The summed E-state index contributed by atoms with van der Waals surface area (Å²) in [6.07, 6.45) is 0. The molecule has 118 valence electrons. The number of aromatic amines is 2. The van der Waals surface area contributed by atoms with Crippen molar-refractivity contribution in [3.8, 4) is 11.5 Å². The fourth-order valence-electron chi connectivity index (χ4n) is 2.35. The van der Waals surface area contributed by atoms with Crippen LogP contribution in [0.2, 0.25) is 0 Å². The van der Waals surface area contributed by atoms with Gasteiger partial charge in [0.25, 0.3) is 5.91 Å². The Hall–Kier alpha value is -3.22. The Balaban J connectivity index is 1.81. The average Bonchev–Trinajstić information content (AvgIpc) is 2.88. The molecule has 0 aliphatic rings. The molecule has 0 spiro atoms. The summed E-state index contributed by atoms with van der Waals surface area (Å²) in [5.74, 6) is -0.766. The molecule has 0 saturated carbocycles. The van der Waals surface area contributed by atoms with Crippen LogP contribution in [-0.4, -0.2) is 26.1 Å². The Bertz CT molecular complexity index is 942. The van der Waals surface area contributed by atoms with Crippen LogP contribution in [-0.2, 0) is 0 Å². The van der Waals surface area contributed by atoms with Gasteiger partial charge in [-0.15, -0.1) is 0 Å². The van der Waals surface area contributed by atoms with Gasteiger partial charge < -0.3 is 25.5 Å². The number of nitrogens with one attached hydrogen (secondary N) is 3. The Kier molecular flexibility index (Phi) is 3.53. The zero-order valence-electron chi connectivity index (χ0n) is 12.3. The number of aromatic nitrogens is 2. The fourth-order valence-corrected chi connectivity index (χ4v) is 2.35. The number of aromatic hydroxyl groups is 2.